The molecule has 4 atom stereocenters. The minimum atomic E-state index is -1.30. The van der Waals surface area contributed by atoms with Gasteiger partial charge in [-0.15, -0.1) is 11.3 Å². The molecule has 1 N–H and O–H groups in total. The second kappa shape index (κ2) is 7.27. The Labute approximate surface area is 172 Å². The number of ether oxygens (including phenoxy) is 2. The summed E-state index contributed by atoms with van der Waals surface area (Å²) in [6.45, 7) is 3.56. The van der Waals surface area contributed by atoms with Gasteiger partial charge in [0.1, 0.15) is 11.3 Å². The number of nitrogens with one attached hydrogen (secondary N) is 1. The summed E-state index contributed by atoms with van der Waals surface area (Å²) in [4.78, 5) is 41.8. The minimum Gasteiger partial charge on any atom is -0.497 e. The number of esters is 1. The van der Waals surface area contributed by atoms with Gasteiger partial charge in [0.05, 0.1) is 37.3 Å². The van der Waals surface area contributed by atoms with Gasteiger partial charge in [-0.2, -0.15) is 0 Å². The number of nitrogens with zero attached hydrogens (tertiary/aromatic N) is 1. The molecule has 1 aromatic carbocycles. The molecule has 4 rings (SSSR count). The topological polar surface area (TPSA) is 84.9 Å². The molecule has 2 amide bonds. The summed E-state index contributed by atoms with van der Waals surface area (Å²) < 4.78 is 10.5. The van der Waals surface area contributed by atoms with Crippen LogP contribution in [0.15, 0.2) is 41.8 Å². The quantitative estimate of drug-likeness (QED) is 0.598. The molecule has 2 aliphatic heterocycles. The zero-order valence-corrected chi connectivity index (χ0v) is 17.2. The van der Waals surface area contributed by atoms with Crippen molar-refractivity contribution in [3.8, 4) is 5.75 Å². The van der Waals surface area contributed by atoms with Crippen LogP contribution >= 0.6 is 11.3 Å². The van der Waals surface area contributed by atoms with Crippen molar-refractivity contribution in [2.75, 3.05) is 18.6 Å². The molecule has 0 unspecified atom stereocenters. The van der Waals surface area contributed by atoms with Gasteiger partial charge in [-0.05, 0) is 37.4 Å². The van der Waals surface area contributed by atoms with Gasteiger partial charge in [0.25, 0.3) is 0 Å². The zero-order valence-electron chi connectivity index (χ0n) is 16.4. The van der Waals surface area contributed by atoms with Crippen LogP contribution in [0.1, 0.15) is 24.8 Å². The van der Waals surface area contributed by atoms with Crippen molar-refractivity contribution in [2.24, 2.45) is 11.8 Å². The van der Waals surface area contributed by atoms with E-state index in [0.717, 1.165) is 4.88 Å². The number of imide groups is 1. The average Bonchev–Trinajstić information content (AvgIpc) is 3.40. The number of hydrogen-bond acceptors (Lipinski definition) is 7. The largest absolute Gasteiger partial charge is 0.497 e. The first-order valence-electron chi connectivity index (χ1n) is 9.42. The molecular formula is C21H22N2O5S. The lowest BCUT2D eigenvalue weighted by Gasteiger charge is -2.29. The average molecular weight is 414 g/mol. The van der Waals surface area contributed by atoms with Crippen molar-refractivity contribution in [1.82, 2.24) is 5.32 Å². The van der Waals surface area contributed by atoms with Crippen molar-refractivity contribution in [3.63, 3.8) is 0 Å². The predicted octanol–water partition coefficient (Wildman–Crippen LogP) is 2.53. The smallest absolute Gasteiger partial charge is 0.326 e. The molecular weight excluding hydrogens is 392 g/mol. The molecule has 152 valence electrons. The van der Waals surface area contributed by atoms with Crippen LogP contribution in [0, 0.1) is 11.8 Å². The van der Waals surface area contributed by atoms with Gasteiger partial charge < -0.3 is 9.47 Å². The van der Waals surface area contributed by atoms with E-state index in [4.69, 9.17) is 9.47 Å². The third-order valence-corrected chi connectivity index (χ3v) is 6.60. The first kappa shape index (κ1) is 19.6. The molecule has 0 radical (unpaired) electrons. The highest BCUT2D eigenvalue weighted by Gasteiger charge is 2.67. The molecule has 0 bridgehead atoms. The van der Waals surface area contributed by atoms with E-state index in [1.165, 1.54) is 23.3 Å². The molecule has 2 fully saturated rings. The zero-order chi connectivity index (χ0) is 20.8. The van der Waals surface area contributed by atoms with Crippen LogP contribution in [-0.2, 0) is 19.1 Å². The summed E-state index contributed by atoms with van der Waals surface area (Å²) in [6, 6.07) is 10.2. The Bertz CT molecular complexity index is 960. The van der Waals surface area contributed by atoms with Crippen LogP contribution in [-0.4, -0.2) is 37.0 Å². The summed E-state index contributed by atoms with van der Waals surface area (Å²) >= 11 is 1.48. The van der Waals surface area contributed by atoms with Crippen molar-refractivity contribution in [1.29, 1.82) is 0 Å². The highest BCUT2D eigenvalue weighted by Crippen LogP contribution is 2.50. The van der Waals surface area contributed by atoms with Crippen LogP contribution in [0.4, 0.5) is 5.69 Å². The van der Waals surface area contributed by atoms with Crippen LogP contribution in [0.25, 0.3) is 0 Å². The van der Waals surface area contributed by atoms with Gasteiger partial charge >= 0.3 is 5.97 Å². The van der Waals surface area contributed by atoms with Crippen molar-refractivity contribution >= 4 is 34.8 Å². The summed E-state index contributed by atoms with van der Waals surface area (Å²) in [5.41, 5.74) is -0.861. The number of fused-ring (bicyclic) bond motifs is 1. The van der Waals surface area contributed by atoms with E-state index >= 15 is 0 Å². The van der Waals surface area contributed by atoms with Gasteiger partial charge in [0.2, 0.25) is 11.8 Å². The van der Waals surface area contributed by atoms with E-state index in [0.29, 0.717) is 11.4 Å². The number of methoxy groups -OCH3 is 1. The van der Waals surface area contributed by atoms with E-state index in [1.807, 2.05) is 17.5 Å². The van der Waals surface area contributed by atoms with Crippen molar-refractivity contribution in [2.45, 2.75) is 25.4 Å². The number of anilines is 1. The summed E-state index contributed by atoms with van der Waals surface area (Å²) in [6.07, 6.45) is 0. The van der Waals surface area contributed by atoms with E-state index in [9.17, 15) is 14.4 Å². The van der Waals surface area contributed by atoms with Crippen LogP contribution in [0.2, 0.25) is 0 Å². The van der Waals surface area contributed by atoms with Gasteiger partial charge in [0, 0.05) is 10.9 Å². The molecule has 0 saturated carbocycles. The van der Waals surface area contributed by atoms with Crippen molar-refractivity contribution < 1.29 is 23.9 Å². The number of hydrogen-bond donors (Lipinski definition) is 1. The highest BCUT2D eigenvalue weighted by atomic mass is 32.1. The first-order chi connectivity index (χ1) is 13.9. The molecule has 29 heavy (non-hydrogen) atoms. The molecule has 1 aromatic heterocycles. The maximum atomic E-state index is 13.5. The number of carbonyl (C=O) groups excluding carboxylic acids is 3. The molecule has 0 spiro atoms. The Kier molecular flexibility index (Phi) is 4.92. The molecule has 0 aliphatic carbocycles. The molecule has 3 heterocycles. The summed E-state index contributed by atoms with van der Waals surface area (Å²) in [5, 5.41) is 5.16. The Morgan fingerprint density at radius 2 is 2.03 bits per heavy atom. The minimum absolute atomic E-state index is 0.193. The normalized spacial score (nSPS) is 28.5. The van der Waals surface area contributed by atoms with E-state index in [2.05, 4.69) is 5.32 Å². The number of thiophene rings is 1. The Morgan fingerprint density at radius 3 is 2.69 bits per heavy atom. The van der Waals surface area contributed by atoms with E-state index < -0.39 is 35.3 Å². The van der Waals surface area contributed by atoms with Gasteiger partial charge in [-0.3, -0.25) is 19.7 Å². The molecule has 2 aromatic rings. The highest BCUT2D eigenvalue weighted by molar-refractivity contribution is 7.10. The third kappa shape index (κ3) is 2.94. The summed E-state index contributed by atoms with van der Waals surface area (Å²) in [5.74, 6) is -2.26. The monoisotopic (exact) mass is 414 g/mol. The number of carbonyl (C=O) groups is 3. The fraction of sp³-hybridized carbons (Fsp3) is 0.381. The molecule has 8 heteroatoms. The fourth-order valence-corrected chi connectivity index (χ4v) is 5.15. The fourth-order valence-electron chi connectivity index (χ4n) is 4.32. The number of benzene rings is 1. The third-order valence-electron chi connectivity index (χ3n) is 5.65. The Morgan fingerprint density at radius 1 is 1.24 bits per heavy atom. The maximum absolute atomic E-state index is 13.5. The second-order valence-corrected chi connectivity index (χ2v) is 8.26. The van der Waals surface area contributed by atoms with Gasteiger partial charge in [0.15, 0.2) is 0 Å². The predicted molar refractivity (Wildman–Crippen MR) is 108 cm³/mol. The number of rotatable bonds is 5. The molecule has 2 saturated heterocycles. The number of amides is 2. The van der Waals surface area contributed by atoms with Crippen LogP contribution in [0.3, 0.4) is 0 Å². The Hall–Kier alpha value is -2.71. The SMILES string of the molecule is CCOC(=O)[C@]1(C)N[C@H](c2cccs2)[C@H]2C(=O)N(c3cccc(OC)c3)C(=O)[C@H]21. The van der Waals surface area contributed by atoms with Crippen LogP contribution < -0.4 is 15.0 Å². The standard InChI is InChI=1S/C21H22N2O5S/c1-4-28-20(26)21(2)16-15(17(22-21)14-9-6-10-29-14)18(24)23(19(16)25)12-7-5-8-13(11-12)27-3/h5-11,15-17,22H,4H2,1-3H3/t15-,16-,17+,21+/m0/s1. The second-order valence-electron chi connectivity index (χ2n) is 7.28. The summed E-state index contributed by atoms with van der Waals surface area (Å²) in [7, 11) is 1.52. The lowest BCUT2D eigenvalue weighted by molar-refractivity contribution is -0.153. The Balaban J connectivity index is 1.80. The van der Waals surface area contributed by atoms with E-state index in [1.54, 1.807) is 38.1 Å². The van der Waals surface area contributed by atoms with Crippen LogP contribution in [0.5, 0.6) is 5.75 Å². The van der Waals surface area contributed by atoms with E-state index in [-0.39, 0.29) is 12.5 Å². The molecule has 2 aliphatic rings. The first-order valence-corrected chi connectivity index (χ1v) is 10.3. The maximum Gasteiger partial charge on any atom is 0.326 e. The lowest BCUT2D eigenvalue weighted by Crippen LogP contribution is -2.54. The van der Waals surface area contributed by atoms with Gasteiger partial charge in [-0.25, -0.2) is 4.90 Å². The van der Waals surface area contributed by atoms with Crippen molar-refractivity contribution in [3.05, 3.63) is 46.7 Å². The molecule has 7 nitrogen and oxygen atoms in total. The van der Waals surface area contributed by atoms with Gasteiger partial charge in [-0.1, -0.05) is 12.1 Å². The lowest BCUT2D eigenvalue weighted by atomic mass is 9.81.